The van der Waals surface area contributed by atoms with E-state index in [1.165, 1.54) is 36.3 Å². The van der Waals surface area contributed by atoms with Crippen LogP contribution in [0.2, 0.25) is 5.02 Å². The maximum atomic E-state index is 5.90. The molecule has 0 spiro atoms. The number of rotatable bonds is 5. The van der Waals surface area contributed by atoms with Gasteiger partial charge < -0.3 is 0 Å². The molecule has 1 aromatic carbocycles. The highest BCUT2D eigenvalue weighted by Crippen LogP contribution is 2.32. The first-order valence-electron chi connectivity index (χ1n) is 7.14. The quantitative estimate of drug-likeness (QED) is 0.684. The van der Waals surface area contributed by atoms with E-state index >= 15 is 0 Å². The van der Waals surface area contributed by atoms with Gasteiger partial charge in [0.25, 0.3) is 0 Å². The van der Waals surface area contributed by atoms with E-state index < -0.39 is 0 Å². The summed E-state index contributed by atoms with van der Waals surface area (Å²) in [5.41, 5.74) is 1.33. The summed E-state index contributed by atoms with van der Waals surface area (Å²) in [6, 6.07) is 8.14. The highest BCUT2D eigenvalue weighted by atomic mass is 35.5. The third-order valence-corrected chi connectivity index (χ3v) is 5.16. The Balaban J connectivity index is 1.86. The van der Waals surface area contributed by atoms with Crippen LogP contribution in [0.1, 0.15) is 31.7 Å². The zero-order valence-electron chi connectivity index (χ0n) is 11.6. The van der Waals surface area contributed by atoms with Gasteiger partial charge in [0.15, 0.2) is 0 Å². The van der Waals surface area contributed by atoms with Gasteiger partial charge in [-0.05, 0) is 60.8 Å². The maximum absolute atomic E-state index is 5.90. The Morgan fingerprint density at radius 2 is 2.16 bits per heavy atom. The molecule has 1 radical (unpaired) electrons. The average Bonchev–Trinajstić information content (AvgIpc) is 2.46. The number of benzene rings is 1. The van der Waals surface area contributed by atoms with Crippen LogP contribution in [0.3, 0.4) is 0 Å². The zero-order chi connectivity index (χ0) is 13.5. The Labute approximate surface area is 126 Å². The second kappa shape index (κ2) is 8.01. The van der Waals surface area contributed by atoms with E-state index in [0.717, 1.165) is 17.4 Å². The van der Waals surface area contributed by atoms with E-state index in [-0.39, 0.29) is 0 Å². The van der Waals surface area contributed by atoms with Crippen LogP contribution in [0.15, 0.2) is 36.4 Å². The van der Waals surface area contributed by atoms with E-state index in [2.05, 4.69) is 43.0 Å². The monoisotopic (exact) mass is 293 g/mol. The van der Waals surface area contributed by atoms with Gasteiger partial charge in [0, 0.05) is 10.9 Å². The molecule has 0 bridgehead atoms. The van der Waals surface area contributed by atoms with E-state index in [1.807, 2.05) is 12.1 Å². The zero-order valence-corrected chi connectivity index (χ0v) is 13.1. The molecule has 103 valence electrons. The molecule has 1 aromatic rings. The number of allylic oxidation sites excluding steroid dienone is 2. The second-order valence-electron chi connectivity index (χ2n) is 5.08. The first-order valence-corrected chi connectivity index (χ1v) is 8.67. The summed E-state index contributed by atoms with van der Waals surface area (Å²) < 4.78 is 0. The van der Waals surface area contributed by atoms with Crippen LogP contribution in [0.5, 0.6) is 0 Å². The minimum Gasteiger partial charge on any atom is -0.162 e. The fourth-order valence-corrected chi connectivity index (χ4v) is 3.87. The lowest BCUT2D eigenvalue weighted by Crippen LogP contribution is -2.17. The minimum absolute atomic E-state index is 0.810. The van der Waals surface area contributed by atoms with Crippen LogP contribution < -0.4 is 0 Å². The van der Waals surface area contributed by atoms with Crippen molar-refractivity contribution < 1.29 is 0 Å². The Morgan fingerprint density at radius 3 is 2.79 bits per heavy atom. The van der Waals surface area contributed by atoms with E-state index in [0.29, 0.717) is 0 Å². The fraction of sp³-hybridized carbons (Fsp3) is 0.471. The van der Waals surface area contributed by atoms with Crippen LogP contribution in [-0.4, -0.2) is 11.5 Å². The molecule has 1 aliphatic rings. The Hall–Kier alpha value is -0.400. The fourth-order valence-electron chi connectivity index (χ4n) is 2.54. The lowest BCUT2D eigenvalue weighted by molar-refractivity contribution is 0.537. The van der Waals surface area contributed by atoms with Crippen LogP contribution >= 0.6 is 23.4 Å². The predicted molar refractivity (Wildman–Crippen MR) is 87.9 cm³/mol. The molecule has 1 saturated heterocycles. The van der Waals surface area contributed by atoms with Gasteiger partial charge >= 0.3 is 0 Å². The van der Waals surface area contributed by atoms with Crippen molar-refractivity contribution in [3.63, 3.8) is 0 Å². The molecule has 2 heteroatoms. The molecule has 0 aromatic heterocycles. The SMILES string of the molecule is CC[C](C=CCc1ccc(Cl)cc1)C1CCCSC1. The standard InChI is InChI=1S/C17H22ClS/c1-2-15(16-7-4-12-19-13-16)6-3-5-14-8-10-17(18)11-9-14/h3,6,8-11,16H,2,4-5,7,12-13H2,1H3. The van der Waals surface area contributed by atoms with Gasteiger partial charge in [0.2, 0.25) is 0 Å². The van der Waals surface area contributed by atoms with Crippen LogP contribution in [0, 0.1) is 11.8 Å². The van der Waals surface area contributed by atoms with E-state index in [1.54, 1.807) is 5.92 Å². The third kappa shape index (κ3) is 4.89. The molecule has 1 aliphatic heterocycles. The molecule has 0 N–H and O–H groups in total. The molecular formula is C17H22ClS. The number of thioether (sulfide) groups is 1. The predicted octanol–water partition coefficient (Wildman–Crippen LogP) is 5.57. The topological polar surface area (TPSA) is 0 Å². The molecule has 1 atom stereocenters. The smallest absolute Gasteiger partial charge is 0.0406 e. The summed E-state index contributed by atoms with van der Waals surface area (Å²) in [5, 5.41) is 0.813. The normalized spacial score (nSPS) is 20.3. The van der Waals surface area contributed by atoms with Gasteiger partial charge in [-0.1, -0.05) is 42.8 Å². The van der Waals surface area contributed by atoms with E-state index in [9.17, 15) is 0 Å². The molecule has 0 aliphatic carbocycles. The third-order valence-electron chi connectivity index (χ3n) is 3.69. The van der Waals surface area contributed by atoms with Gasteiger partial charge in [-0.3, -0.25) is 0 Å². The van der Waals surface area contributed by atoms with Gasteiger partial charge in [0.05, 0.1) is 0 Å². The van der Waals surface area contributed by atoms with Gasteiger partial charge in [-0.15, -0.1) is 0 Å². The van der Waals surface area contributed by atoms with Gasteiger partial charge in [0.1, 0.15) is 0 Å². The van der Waals surface area contributed by atoms with Crippen molar-refractivity contribution in [2.75, 3.05) is 11.5 Å². The number of hydrogen-bond donors (Lipinski definition) is 0. The first kappa shape index (κ1) is 15.0. The molecule has 1 heterocycles. The number of halogens is 1. The van der Waals surface area contributed by atoms with Crippen molar-refractivity contribution in [3.05, 3.63) is 52.9 Å². The molecular weight excluding hydrogens is 272 g/mol. The van der Waals surface area contributed by atoms with Gasteiger partial charge in [-0.2, -0.15) is 11.8 Å². The summed E-state index contributed by atoms with van der Waals surface area (Å²) >= 11 is 8.00. The van der Waals surface area contributed by atoms with Gasteiger partial charge in [-0.25, -0.2) is 0 Å². The molecule has 2 rings (SSSR count). The van der Waals surface area contributed by atoms with Crippen molar-refractivity contribution in [1.82, 2.24) is 0 Å². The molecule has 0 nitrogen and oxygen atoms in total. The highest BCUT2D eigenvalue weighted by Gasteiger charge is 2.20. The summed E-state index contributed by atoms with van der Waals surface area (Å²) in [5.74, 6) is 5.10. The van der Waals surface area contributed by atoms with Crippen LogP contribution in [-0.2, 0) is 6.42 Å². The van der Waals surface area contributed by atoms with Crippen molar-refractivity contribution in [3.8, 4) is 0 Å². The van der Waals surface area contributed by atoms with Crippen molar-refractivity contribution >= 4 is 23.4 Å². The van der Waals surface area contributed by atoms with Crippen LogP contribution in [0.25, 0.3) is 0 Å². The Bertz CT molecular complexity index is 390. The lowest BCUT2D eigenvalue weighted by atomic mass is 9.87. The lowest BCUT2D eigenvalue weighted by Gasteiger charge is -2.26. The van der Waals surface area contributed by atoms with Crippen molar-refractivity contribution in [2.24, 2.45) is 5.92 Å². The highest BCUT2D eigenvalue weighted by molar-refractivity contribution is 7.99. The first-order chi connectivity index (χ1) is 9.29. The van der Waals surface area contributed by atoms with Crippen molar-refractivity contribution in [1.29, 1.82) is 0 Å². The number of hydrogen-bond acceptors (Lipinski definition) is 1. The Kier molecular flexibility index (Phi) is 6.33. The largest absolute Gasteiger partial charge is 0.162 e. The van der Waals surface area contributed by atoms with E-state index in [4.69, 9.17) is 11.6 Å². The average molecular weight is 294 g/mol. The van der Waals surface area contributed by atoms with Crippen molar-refractivity contribution in [2.45, 2.75) is 32.6 Å². The molecule has 0 amide bonds. The Morgan fingerprint density at radius 1 is 1.37 bits per heavy atom. The molecule has 0 saturated carbocycles. The summed E-state index contributed by atoms with van der Waals surface area (Å²) in [6.07, 6.45) is 9.61. The van der Waals surface area contributed by atoms with Crippen LogP contribution in [0.4, 0.5) is 0 Å². The molecule has 1 fully saturated rings. The summed E-state index contributed by atoms with van der Waals surface area (Å²) in [7, 11) is 0. The summed E-state index contributed by atoms with van der Waals surface area (Å²) in [4.78, 5) is 0. The molecule has 1 unspecified atom stereocenters. The maximum Gasteiger partial charge on any atom is 0.0406 e. The molecule has 19 heavy (non-hydrogen) atoms. The summed E-state index contributed by atoms with van der Waals surface area (Å²) in [6.45, 7) is 2.28. The second-order valence-corrected chi connectivity index (χ2v) is 6.66. The minimum atomic E-state index is 0.810.